The van der Waals surface area contributed by atoms with Crippen molar-refractivity contribution < 1.29 is 14.6 Å². The summed E-state index contributed by atoms with van der Waals surface area (Å²) in [6.07, 6.45) is 3.28. The molecular formula is C20H25N3O3. The summed E-state index contributed by atoms with van der Waals surface area (Å²) in [6, 6.07) is 10.0. The number of piperazine rings is 1. The molecule has 138 valence electrons. The number of nitrogens with zero attached hydrogens (tertiary/aromatic N) is 3. The number of carboxylic acids is 1. The van der Waals surface area contributed by atoms with Crippen LogP contribution in [0.15, 0.2) is 42.7 Å². The molecule has 0 aliphatic carbocycles. The van der Waals surface area contributed by atoms with Crippen LogP contribution in [0, 0.1) is 6.92 Å². The lowest BCUT2D eigenvalue weighted by Gasteiger charge is -2.37. The van der Waals surface area contributed by atoms with E-state index in [2.05, 4.69) is 20.9 Å². The van der Waals surface area contributed by atoms with E-state index in [9.17, 15) is 4.79 Å². The van der Waals surface area contributed by atoms with Crippen LogP contribution in [0.2, 0.25) is 0 Å². The van der Waals surface area contributed by atoms with Gasteiger partial charge in [0.1, 0.15) is 5.75 Å². The molecule has 1 aliphatic heterocycles. The van der Waals surface area contributed by atoms with Gasteiger partial charge < -0.3 is 19.6 Å². The summed E-state index contributed by atoms with van der Waals surface area (Å²) in [5.74, 6) is -0.290. The highest BCUT2D eigenvalue weighted by Gasteiger charge is 2.20. The van der Waals surface area contributed by atoms with E-state index >= 15 is 0 Å². The molecule has 1 fully saturated rings. The molecule has 1 atom stereocenters. The molecule has 0 spiro atoms. The molecule has 6 heteroatoms. The van der Waals surface area contributed by atoms with Crippen molar-refractivity contribution >= 4 is 17.3 Å². The van der Waals surface area contributed by atoms with Crippen molar-refractivity contribution in [1.82, 2.24) is 4.98 Å². The molecule has 26 heavy (non-hydrogen) atoms. The summed E-state index contributed by atoms with van der Waals surface area (Å²) >= 11 is 0. The van der Waals surface area contributed by atoms with E-state index in [1.54, 1.807) is 0 Å². The zero-order valence-electron chi connectivity index (χ0n) is 15.3. The Kier molecular flexibility index (Phi) is 5.61. The Balaban J connectivity index is 1.64. The van der Waals surface area contributed by atoms with Crippen LogP contribution in [0.1, 0.15) is 18.9 Å². The molecule has 6 nitrogen and oxygen atoms in total. The van der Waals surface area contributed by atoms with E-state index in [-0.39, 0.29) is 0 Å². The molecule has 0 radical (unpaired) electrons. The fraction of sp³-hybridized carbons (Fsp3) is 0.400. The Morgan fingerprint density at radius 3 is 2.27 bits per heavy atom. The minimum Gasteiger partial charge on any atom is -0.479 e. The average Bonchev–Trinajstić information content (AvgIpc) is 2.67. The van der Waals surface area contributed by atoms with Crippen LogP contribution in [-0.4, -0.2) is 48.3 Å². The number of pyridine rings is 1. The first-order valence-electron chi connectivity index (χ1n) is 8.98. The topological polar surface area (TPSA) is 65.9 Å². The Morgan fingerprint density at radius 1 is 1.12 bits per heavy atom. The number of anilines is 2. The molecule has 1 aromatic heterocycles. The number of aromatic nitrogens is 1. The third-order valence-corrected chi connectivity index (χ3v) is 4.75. The number of carbonyl (C=O) groups is 1. The van der Waals surface area contributed by atoms with Crippen molar-refractivity contribution in [3.63, 3.8) is 0 Å². The Labute approximate surface area is 154 Å². The number of aryl methyl sites for hydroxylation is 1. The number of carboxylic acid groups (broad SMARTS) is 1. The zero-order chi connectivity index (χ0) is 18.5. The molecule has 1 aromatic carbocycles. The van der Waals surface area contributed by atoms with Crippen LogP contribution in [-0.2, 0) is 4.79 Å². The van der Waals surface area contributed by atoms with Crippen molar-refractivity contribution in [2.45, 2.75) is 26.4 Å². The molecule has 1 saturated heterocycles. The molecular weight excluding hydrogens is 330 g/mol. The van der Waals surface area contributed by atoms with Crippen molar-refractivity contribution in [2.75, 3.05) is 36.0 Å². The minimum atomic E-state index is -0.928. The number of aliphatic carboxylic acids is 1. The second-order valence-corrected chi connectivity index (χ2v) is 6.48. The van der Waals surface area contributed by atoms with Crippen LogP contribution < -0.4 is 14.5 Å². The molecule has 1 aliphatic rings. The van der Waals surface area contributed by atoms with Gasteiger partial charge in [0, 0.05) is 49.9 Å². The van der Waals surface area contributed by atoms with Gasteiger partial charge in [-0.1, -0.05) is 6.92 Å². The second kappa shape index (κ2) is 8.08. The van der Waals surface area contributed by atoms with Crippen LogP contribution in [0.25, 0.3) is 0 Å². The first-order valence-corrected chi connectivity index (χ1v) is 8.98. The molecule has 0 amide bonds. The van der Waals surface area contributed by atoms with E-state index in [1.165, 1.54) is 5.69 Å². The Bertz CT molecular complexity index is 743. The summed E-state index contributed by atoms with van der Waals surface area (Å²) in [6.45, 7) is 7.56. The molecule has 0 bridgehead atoms. The highest BCUT2D eigenvalue weighted by Crippen LogP contribution is 2.27. The summed E-state index contributed by atoms with van der Waals surface area (Å²) in [5.41, 5.74) is 3.31. The van der Waals surface area contributed by atoms with E-state index in [0.29, 0.717) is 12.2 Å². The molecule has 1 N–H and O–H groups in total. The average molecular weight is 355 g/mol. The van der Waals surface area contributed by atoms with Crippen molar-refractivity contribution in [1.29, 1.82) is 0 Å². The lowest BCUT2D eigenvalue weighted by molar-refractivity contribution is -0.145. The number of ether oxygens (including phenoxy) is 1. The number of hydrogen-bond donors (Lipinski definition) is 1. The van der Waals surface area contributed by atoms with Gasteiger partial charge in [0.25, 0.3) is 0 Å². The summed E-state index contributed by atoms with van der Waals surface area (Å²) in [7, 11) is 0. The van der Waals surface area contributed by atoms with Gasteiger partial charge in [0.05, 0.1) is 0 Å². The standard InChI is InChI=1S/C20H25N3O3/c1-3-18(20(24)25)26-19-5-4-17(14-15(19)2)23-12-10-22(11-13-23)16-6-8-21-9-7-16/h4-9,14,18H,3,10-13H2,1-2H3,(H,24,25). The number of rotatable bonds is 6. The maximum atomic E-state index is 11.2. The fourth-order valence-electron chi connectivity index (χ4n) is 3.20. The van der Waals surface area contributed by atoms with Gasteiger partial charge in [-0.15, -0.1) is 0 Å². The Hall–Kier alpha value is -2.76. The maximum absolute atomic E-state index is 11.2. The van der Waals surface area contributed by atoms with Crippen molar-refractivity contribution in [3.8, 4) is 5.75 Å². The fourth-order valence-corrected chi connectivity index (χ4v) is 3.20. The maximum Gasteiger partial charge on any atom is 0.344 e. The SMILES string of the molecule is CCC(Oc1ccc(N2CCN(c3ccncc3)CC2)cc1C)C(=O)O. The molecule has 0 saturated carbocycles. The summed E-state index contributed by atoms with van der Waals surface area (Å²) in [5, 5.41) is 9.16. The molecule has 3 rings (SSSR count). The van der Waals surface area contributed by atoms with Gasteiger partial charge >= 0.3 is 5.97 Å². The monoisotopic (exact) mass is 355 g/mol. The second-order valence-electron chi connectivity index (χ2n) is 6.48. The third kappa shape index (κ3) is 4.07. The third-order valence-electron chi connectivity index (χ3n) is 4.75. The van der Waals surface area contributed by atoms with Gasteiger partial charge in [-0.25, -0.2) is 4.79 Å². The highest BCUT2D eigenvalue weighted by atomic mass is 16.5. The first-order chi connectivity index (χ1) is 12.6. The number of benzene rings is 1. The van der Waals surface area contributed by atoms with E-state index in [0.717, 1.165) is 37.4 Å². The lowest BCUT2D eigenvalue weighted by Crippen LogP contribution is -2.46. The van der Waals surface area contributed by atoms with E-state index in [1.807, 2.05) is 50.5 Å². The van der Waals surface area contributed by atoms with Crippen LogP contribution in [0.3, 0.4) is 0 Å². The van der Waals surface area contributed by atoms with Gasteiger partial charge in [-0.2, -0.15) is 0 Å². The highest BCUT2D eigenvalue weighted by molar-refractivity contribution is 5.72. The van der Waals surface area contributed by atoms with Crippen LogP contribution in [0.5, 0.6) is 5.75 Å². The van der Waals surface area contributed by atoms with Gasteiger partial charge in [-0.3, -0.25) is 4.98 Å². The minimum absolute atomic E-state index is 0.438. The number of hydrogen-bond acceptors (Lipinski definition) is 5. The zero-order valence-corrected chi connectivity index (χ0v) is 15.3. The Morgan fingerprint density at radius 2 is 1.73 bits per heavy atom. The van der Waals surface area contributed by atoms with E-state index in [4.69, 9.17) is 9.84 Å². The van der Waals surface area contributed by atoms with Gasteiger partial charge in [0.15, 0.2) is 6.10 Å². The molecule has 2 aromatic rings. The van der Waals surface area contributed by atoms with Gasteiger partial charge in [0.2, 0.25) is 0 Å². The quantitative estimate of drug-likeness (QED) is 0.859. The van der Waals surface area contributed by atoms with E-state index < -0.39 is 12.1 Å². The van der Waals surface area contributed by atoms with Crippen molar-refractivity contribution in [3.05, 3.63) is 48.3 Å². The van der Waals surface area contributed by atoms with Gasteiger partial charge in [-0.05, 0) is 49.2 Å². The first kappa shape index (κ1) is 18.0. The van der Waals surface area contributed by atoms with Crippen LogP contribution >= 0.6 is 0 Å². The normalized spacial score (nSPS) is 15.6. The smallest absolute Gasteiger partial charge is 0.344 e. The predicted octanol–water partition coefficient (Wildman–Crippen LogP) is 2.96. The largest absolute Gasteiger partial charge is 0.479 e. The predicted molar refractivity (Wildman–Crippen MR) is 102 cm³/mol. The summed E-state index contributed by atoms with van der Waals surface area (Å²) < 4.78 is 5.64. The lowest BCUT2D eigenvalue weighted by atomic mass is 10.1. The van der Waals surface area contributed by atoms with Crippen molar-refractivity contribution in [2.24, 2.45) is 0 Å². The van der Waals surface area contributed by atoms with Crippen LogP contribution in [0.4, 0.5) is 11.4 Å². The molecule has 1 unspecified atom stereocenters. The molecule has 2 heterocycles. The summed E-state index contributed by atoms with van der Waals surface area (Å²) in [4.78, 5) is 20.0.